The number of hydrogen-bond donors (Lipinski definition) is 1. The van der Waals surface area contributed by atoms with Crippen LogP contribution in [0.15, 0.2) is 112 Å². The van der Waals surface area contributed by atoms with Crippen LogP contribution >= 0.6 is 15.9 Å². The summed E-state index contributed by atoms with van der Waals surface area (Å²) in [6.07, 6.45) is 4.92. The van der Waals surface area contributed by atoms with Crippen LogP contribution in [-0.4, -0.2) is 50.4 Å². The Kier molecular flexibility index (Phi) is 12.5. The number of hydrogen-bond acceptors (Lipinski definition) is 5. The van der Waals surface area contributed by atoms with E-state index in [2.05, 4.69) is 21.2 Å². The number of amides is 2. The van der Waals surface area contributed by atoms with Crippen molar-refractivity contribution < 1.29 is 27.1 Å². The van der Waals surface area contributed by atoms with E-state index in [4.69, 9.17) is 4.74 Å². The molecule has 1 atom stereocenters. The van der Waals surface area contributed by atoms with E-state index in [0.717, 1.165) is 42.0 Å². The van der Waals surface area contributed by atoms with E-state index < -0.39 is 34.3 Å². The SMILES string of the molecule is CCOc1ccc(N(CC(=O)N(Cc2ccccc2F)[C@@H](Cc2ccccc2)C(=O)NC2CCCCC2)S(=O)(=O)c2ccc(Br)cc2)cc1. The van der Waals surface area contributed by atoms with Crippen molar-refractivity contribution >= 4 is 43.5 Å². The average Bonchev–Trinajstić information content (AvgIpc) is 3.11. The van der Waals surface area contributed by atoms with Gasteiger partial charge in [-0.05, 0) is 79.9 Å². The van der Waals surface area contributed by atoms with Crippen LogP contribution in [0, 0.1) is 5.82 Å². The second-order valence-electron chi connectivity index (χ2n) is 12.1. The van der Waals surface area contributed by atoms with E-state index in [1.165, 1.54) is 23.1 Å². The lowest BCUT2D eigenvalue weighted by Crippen LogP contribution is -2.55. The molecule has 0 aromatic heterocycles. The number of benzene rings is 4. The molecule has 5 rings (SSSR count). The molecule has 0 bridgehead atoms. The molecule has 4 aromatic rings. The van der Waals surface area contributed by atoms with Crippen LogP contribution in [0.4, 0.5) is 10.1 Å². The predicted molar refractivity (Wildman–Crippen MR) is 192 cm³/mol. The van der Waals surface area contributed by atoms with Crippen LogP contribution in [0.25, 0.3) is 0 Å². The molecule has 49 heavy (non-hydrogen) atoms. The Morgan fingerprint density at radius 3 is 2.20 bits per heavy atom. The summed E-state index contributed by atoms with van der Waals surface area (Å²) in [5.74, 6) is -0.999. The number of nitrogens with one attached hydrogen (secondary N) is 1. The number of sulfonamides is 1. The van der Waals surface area contributed by atoms with Crippen molar-refractivity contribution in [3.63, 3.8) is 0 Å². The van der Waals surface area contributed by atoms with Crippen molar-refractivity contribution in [2.24, 2.45) is 0 Å². The highest BCUT2D eigenvalue weighted by molar-refractivity contribution is 9.10. The molecule has 0 spiro atoms. The lowest BCUT2D eigenvalue weighted by atomic mass is 9.94. The number of anilines is 1. The van der Waals surface area contributed by atoms with Crippen LogP contribution in [0.2, 0.25) is 0 Å². The molecule has 0 saturated heterocycles. The van der Waals surface area contributed by atoms with Gasteiger partial charge in [0, 0.05) is 29.0 Å². The molecule has 2 amide bonds. The molecule has 1 fully saturated rings. The molecule has 1 N–H and O–H groups in total. The molecule has 1 saturated carbocycles. The Balaban J connectivity index is 1.57. The fourth-order valence-corrected chi connectivity index (χ4v) is 7.72. The number of carbonyl (C=O) groups is 2. The fraction of sp³-hybridized carbons (Fsp3) is 0.316. The lowest BCUT2D eigenvalue weighted by Gasteiger charge is -2.35. The van der Waals surface area contributed by atoms with Gasteiger partial charge in [0.1, 0.15) is 24.2 Å². The first-order chi connectivity index (χ1) is 23.7. The molecule has 0 heterocycles. The first-order valence-electron chi connectivity index (χ1n) is 16.5. The topological polar surface area (TPSA) is 96.0 Å². The molecule has 8 nitrogen and oxygen atoms in total. The van der Waals surface area contributed by atoms with Crippen molar-refractivity contribution in [3.8, 4) is 5.75 Å². The van der Waals surface area contributed by atoms with Crippen LogP contribution in [0.3, 0.4) is 0 Å². The van der Waals surface area contributed by atoms with Crippen LogP contribution in [0.5, 0.6) is 5.75 Å². The number of halogens is 2. The predicted octanol–water partition coefficient (Wildman–Crippen LogP) is 7.27. The molecule has 0 unspecified atom stereocenters. The van der Waals surface area contributed by atoms with Gasteiger partial charge in [-0.25, -0.2) is 12.8 Å². The minimum Gasteiger partial charge on any atom is -0.494 e. The van der Waals surface area contributed by atoms with Gasteiger partial charge < -0.3 is 15.0 Å². The molecular formula is C38H41BrFN3O5S. The summed E-state index contributed by atoms with van der Waals surface area (Å²) < 4.78 is 51.0. The summed E-state index contributed by atoms with van der Waals surface area (Å²) in [7, 11) is -4.28. The molecular weight excluding hydrogens is 709 g/mol. The van der Waals surface area contributed by atoms with Gasteiger partial charge in [0.15, 0.2) is 0 Å². The average molecular weight is 751 g/mol. The summed E-state index contributed by atoms with van der Waals surface area (Å²) >= 11 is 3.35. The Labute approximate surface area is 296 Å². The Bertz CT molecular complexity index is 1800. The first-order valence-corrected chi connectivity index (χ1v) is 18.8. The fourth-order valence-electron chi connectivity index (χ4n) is 6.05. The van der Waals surface area contributed by atoms with E-state index >= 15 is 4.39 Å². The largest absolute Gasteiger partial charge is 0.494 e. The van der Waals surface area contributed by atoms with E-state index in [0.29, 0.717) is 16.8 Å². The molecule has 258 valence electrons. The van der Waals surface area contributed by atoms with Gasteiger partial charge in [0.25, 0.3) is 10.0 Å². The van der Waals surface area contributed by atoms with E-state index in [1.54, 1.807) is 54.6 Å². The Hall–Kier alpha value is -4.22. The van der Waals surface area contributed by atoms with Crippen LogP contribution in [0.1, 0.15) is 50.2 Å². The smallest absolute Gasteiger partial charge is 0.264 e. The maximum absolute atomic E-state index is 15.2. The van der Waals surface area contributed by atoms with E-state index in [9.17, 15) is 18.0 Å². The Morgan fingerprint density at radius 1 is 0.898 bits per heavy atom. The third kappa shape index (κ3) is 9.48. The highest BCUT2D eigenvalue weighted by atomic mass is 79.9. The van der Waals surface area contributed by atoms with Crippen LogP contribution in [-0.2, 0) is 32.6 Å². The van der Waals surface area contributed by atoms with Gasteiger partial charge in [0.2, 0.25) is 11.8 Å². The van der Waals surface area contributed by atoms with Crippen LogP contribution < -0.4 is 14.4 Å². The quantitative estimate of drug-likeness (QED) is 0.146. The third-order valence-corrected chi connectivity index (χ3v) is 11.0. The first kappa shape index (κ1) is 36.1. The number of nitrogens with zero attached hydrogens (tertiary/aromatic N) is 2. The number of ether oxygens (including phenoxy) is 1. The van der Waals surface area contributed by atoms with Crippen molar-refractivity contribution in [2.45, 2.75) is 69.0 Å². The lowest BCUT2D eigenvalue weighted by molar-refractivity contribution is -0.140. The Morgan fingerprint density at radius 2 is 1.55 bits per heavy atom. The summed E-state index contributed by atoms with van der Waals surface area (Å²) in [5, 5.41) is 3.16. The zero-order valence-electron chi connectivity index (χ0n) is 27.4. The van der Waals surface area contributed by atoms with Crippen molar-refractivity contribution in [1.82, 2.24) is 10.2 Å². The summed E-state index contributed by atoms with van der Waals surface area (Å²) in [5.41, 5.74) is 1.25. The number of rotatable bonds is 14. The van der Waals surface area contributed by atoms with Gasteiger partial charge in [-0.3, -0.25) is 13.9 Å². The molecule has 4 aromatic carbocycles. The van der Waals surface area contributed by atoms with Gasteiger partial charge in [0.05, 0.1) is 17.2 Å². The summed E-state index contributed by atoms with van der Waals surface area (Å²) in [4.78, 5) is 30.2. The van der Waals surface area contributed by atoms with E-state index in [-0.39, 0.29) is 41.1 Å². The third-order valence-electron chi connectivity index (χ3n) is 8.64. The van der Waals surface area contributed by atoms with Crippen molar-refractivity contribution in [1.29, 1.82) is 0 Å². The minimum atomic E-state index is -4.28. The molecule has 1 aliphatic rings. The minimum absolute atomic E-state index is 0.0195. The zero-order valence-corrected chi connectivity index (χ0v) is 29.8. The van der Waals surface area contributed by atoms with Gasteiger partial charge in [-0.1, -0.05) is 83.7 Å². The number of carbonyl (C=O) groups excluding carboxylic acids is 2. The van der Waals surface area contributed by atoms with Crippen molar-refractivity contribution in [3.05, 3.63) is 125 Å². The highest BCUT2D eigenvalue weighted by Crippen LogP contribution is 2.28. The summed E-state index contributed by atoms with van der Waals surface area (Å²) in [6.45, 7) is 1.39. The zero-order chi connectivity index (χ0) is 34.8. The highest BCUT2D eigenvalue weighted by Gasteiger charge is 2.35. The standard InChI is InChI=1S/C38H41BrFN3O5S/c1-2-48-33-21-19-32(20-22-33)43(49(46,47)34-23-17-30(39)18-24-34)27-37(44)42(26-29-13-9-10-16-35(29)40)36(25-28-11-5-3-6-12-28)38(45)41-31-14-7-4-8-15-31/h3,5-6,9-13,16-24,31,36H,2,4,7-8,14-15,25-27H2,1H3,(H,41,45)/t36-/m0/s1. The normalized spacial score (nSPS) is 14.1. The summed E-state index contributed by atoms with van der Waals surface area (Å²) in [6, 6.07) is 26.9. The van der Waals surface area contributed by atoms with Gasteiger partial charge >= 0.3 is 0 Å². The molecule has 11 heteroatoms. The van der Waals surface area contributed by atoms with Gasteiger partial charge in [-0.2, -0.15) is 0 Å². The van der Waals surface area contributed by atoms with E-state index in [1.807, 2.05) is 37.3 Å². The molecule has 1 aliphatic carbocycles. The van der Waals surface area contributed by atoms with Gasteiger partial charge in [-0.15, -0.1) is 0 Å². The van der Waals surface area contributed by atoms with Crippen molar-refractivity contribution in [2.75, 3.05) is 17.5 Å². The second-order valence-corrected chi connectivity index (χ2v) is 14.8. The molecule has 0 aliphatic heterocycles. The maximum atomic E-state index is 15.2. The molecule has 0 radical (unpaired) electrons. The second kappa shape index (κ2) is 16.9. The maximum Gasteiger partial charge on any atom is 0.264 e. The monoisotopic (exact) mass is 749 g/mol.